The summed E-state index contributed by atoms with van der Waals surface area (Å²) in [5, 5.41) is 9.18. The lowest BCUT2D eigenvalue weighted by molar-refractivity contribution is -0.140. The highest BCUT2D eigenvalue weighted by Crippen LogP contribution is 2.40. The van der Waals surface area contributed by atoms with E-state index in [1.54, 1.807) is 30.5 Å². The van der Waals surface area contributed by atoms with E-state index in [4.69, 9.17) is 21.4 Å². The van der Waals surface area contributed by atoms with Gasteiger partial charge in [0.1, 0.15) is 11.5 Å². The minimum atomic E-state index is -0.329. The van der Waals surface area contributed by atoms with Gasteiger partial charge in [-0.3, -0.25) is 14.3 Å². The molecule has 0 radical (unpaired) electrons. The molecule has 0 aliphatic carbocycles. The number of nitrogens with one attached hydrogen (secondary N) is 2. The Morgan fingerprint density at radius 1 is 1.00 bits per heavy atom. The van der Waals surface area contributed by atoms with Gasteiger partial charge in [0.15, 0.2) is 0 Å². The first-order valence-electron chi connectivity index (χ1n) is 14.4. The average Bonchev–Trinajstić information content (AvgIpc) is 3.58. The number of ether oxygens (including phenoxy) is 1. The first-order valence-corrected chi connectivity index (χ1v) is 14.8. The van der Waals surface area contributed by atoms with Gasteiger partial charge < -0.3 is 15.0 Å². The number of hydrogen-bond donors (Lipinski definition) is 2. The summed E-state index contributed by atoms with van der Waals surface area (Å²) in [5.74, 6) is -0.782. The Bertz CT molecular complexity index is 1730. The molecule has 2 N–H and O–H groups in total. The zero-order chi connectivity index (χ0) is 30.3. The summed E-state index contributed by atoms with van der Waals surface area (Å²) in [6.07, 6.45) is 5.45. The van der Waals surface area contributed by atoms with E-state index in [-0.39, 0.29) is 17.7 Å². The monoisotopic (exact) mass is 600 g/mol. The van der Waals surface area contributed by atoms with E-state index in [0.717, 1.165) is 64.5 Å². The van der Waals surface area contributed by atoms with Crippen molar-refractivity contribution < 1.29 is 18.7 Å². The number of unbranched alkanes of at least 4 members (excludes halogenated alkanes) is 3. The molecule has 0 aliphatic heterocycles. The number of aryl methyl sites for hydroxylation is 1. The molecule has 0 atom stereocenters. The summed E-state index contributed by atoms with van der Waals surface area (Å²) in [7, 11) is 1.39. The van der Waals surface area contributed by atoms with Gasteiger partial charge in [-0.2, -0.15) is 5.10 Å². The normalized spacial score (nSPS) is 11.2. The minimum absolute atomic E-state index is 0.207. The number of carbonyl (C=O) groups excluding carboxylic acids is 2. The number of nitrogens with zero attached hydrogens (tertiary/aromatic N) is 2. The number of methoxy groups -OCH3 is 1. The molecule has 2 heterocycles. The molecule has 0 saturated carbocycles. The van der Waals surface area contributed by atoms with E-state index in [0.29, 0.717) is 35.8 Å². The number of aromatic amines is 1. The average molecular weight is 601 g/mol. The standard InChI is InChI=1S/C34H34ClFN4O3/c1-22-8-10-23(11-9-22)21-40-33(28(20-38-40)24-12-15-26(36)16-13-24)31-27-17-14-25(35)19-29(27)39-32(31)34(42)37-18-6-4-3-5-7-30(41)43-2/h8-17,19-20,39H,3-7,18,21H2,1-2H3,(H,37,42). The number of aromatic nitrogens is 3. The van der Waals surface area contributed by atoms with Crippen molar-refractivity contribution in [3.63, 3.8) is 0 Å². The topological polar surface area (TPSA) is 89.0 Å². The van der Waals surface area contributed by atoms with Crippen LogP contribution >= 0.6 is 11.6 Å². The molecule has 0 fully saturated rings. The third kappa shape index (κ3) is 7.14. The number of esters is 1. The Hall–Kier alpha value is -4.43. The Morgan fingerprint density at radius 3 is 2.49 bits per heavy atom. The van der Waals surface area contributed by atoms with Crippen LogP contribution in [0, 0.1) is 12.7 Å². The van der Waals surface area contributed by atoms with Crippen LogP contribution in [0.25, 0.3) is 33.3 Å². The lowest BCUT2D eigenvalue weighted by Gasteiger charge is -2.13. The van der Waals surface area contributed by atoms with Crippen molar-refractivity contribution in [3.05, 3.63) is 101 Å². The molecule has 0 unspecified atom stereocenters. The van der Waals surface area contributed by atoms with E-state index in [9.17, 15) is 14.0 Å². The third-order valence-electron chi connectivity index (χ3n) is 7.49. The van der Waals surface area contributed by atoms with E-state index in [2.05, 4.69) is 34.6 Å². The summed E-state index contributed by atoms with van der Waals surface area (Å²) in [5.41, 5.74) is 6.35. The Kier molecular flexibility index (Phi) is 9.57. The van der Waals surface area contributed by atoms with Gasteiger partial charge in [0, 0.05) is 40.0 Å². The Morgan fingerprint density at radius 2 is 1.74 bits per heavy atom. The summed E-state index contributed by atoms with van der Waals surface area (Å²) >= 11 is 6.35. The smallest absolute Gasteiger partial charge is 0.305 e. The van der Waals surface area contributed by atoms with Crippen LogP contribution in [-0.4, -0.2) is 40.3 Å². The van der Waals surface area contributed by atoms with Crippen molar-refractivity contribution in [2.75, 3.05) is 13.7 Å². The van der Waals surface area contributed by atoms with Crippen LogP contribution < -0.4 is 5.32 Å². The van der Waals surface area contributed by atoms with Crippen LogP contribution in [0.1, 0.15) is 53.7 Å². The zero-order valence-electron chi connectivity index (χ0n) is 24.3. The summed E-state index contributed by atoms with van der Waals surface area (Å²) in [4.78, 5) is 28.4. The van der Waals surface area contributed by atoms with Crippen LogP contribution in [0.4, 0.5) is 4.39 Å². The van der Waals surface area contributed by atoms with Gasteiger partial charge in [-0.15, -0.1) is 0 Å². The molecule has 0 aliphatic rings. The molecule has 222 valence electrons. The van der Waals surface area contributed by atoms with Crippen molar-refractivity contribution in [3.8, 4) is 22.4 Å². The highest BCUT2D eigenvalue weighted by Gasteiger charge is 2.26. The van der Waals surface area contributed by atoms with Crippen molar-refractivity contribution in [1.82, 2.24) is 20.1 Å². The molecular formula is C34H34ClFN4O3. The number of fused-ring (bicyclic) bond motifs is 1. The van der Waals surface area contributed by atoms with E-state index in [1.165, 1.54) is 19.2 Å². The summed E-state index contributed by atoms with van der Waals surface area (Å²) in [6, 6.07) is 20.0. The zero-order valence-corrected chi connectivity index (χ0v) is 25.0. The molecule has 5 rings (SSSR count). The summed E-state index contributed by atoms with van der Waals surface area (Å²) in [6.45, 7) is 3.00. The second kappa shape index (κ2) is 13.7. The Labute approximate surface area is 255 Å². The van der Waals surface area contributed by atoms with Crippen LogP contribution in [-0.2, 0) is 16.1 Å². The highest BCUT2D eigenvalue weighted by atomic mass is 35.5. The van der Waals surface area contributed by atoms with Gasteiger partial charge in [0.25, 0.3) is 5.91 Å². The van der Waals surface area contributed by atoms with Gasteiger partial charge in [-0.05, 0) is 55.2 Å². The Balaban J connectivity index is 1.51. The molecule has 9 heteroatoms. The van der Waals surface area contributed by atoms with Gasteiger partial charge in [0.05, 0.1) is 25.5 Å². The van der Waals surface area contributed by atoms with E-state index >= 15 is 0 Å². The van der Waals surface area contributed by atoms with Crippen LogP contribution in [0.15, 0.2) is 72.9 Å². The summed E-state index contributed by atoms with van der Waals surface area (Å²) < 4.78 is 20.5. The molecule has 3 aromatic carbocycles. The second-order valence-electron chi connectivity index (χ2n) is 10.6. The minimum Gasteiger partial charge on any atom is -0.469 e. The van der Waals surface area contributed by atoms with E-state index in [1.807, 2.05) is 17.7 Å². The first-order chi connectivity index (χ1) is 20.8. The van der Waals surface area contributed by atoms with Crippen molar-refractivity contribution >= 4 is 34.4 Å². The van der Waals surface area contributed by atoms with Crippen molar-refractivity contribution in [2.24, 2.45) is 0 Å². The highest BCUT2D eigenvalue weighted by molar-refractivity contribution is 6.31. The molecular weight excluding hydrogens is 567 g/mol. The lowest BCUT2D eigenvalue weighted by atomic mass is 9.98. The number of rotatable bonds is 12. The molecule has 0 spiro atoms. The SMILES string of the molecule is COC(=O)CCCCCCNC(=O)c1[nH]c2cc(Cl)ccc2c1-c1c(-c2ccc(F)cc2)cnn1Cc1ccc(C)cc1. The van der Waals surface area contributed by atoms with Gasteiger partial charge >= 0.3 is 5.97 Å². The lowest BCUT2D eigenvalue weighted by Crippen LogP contribution is -2.25. The molecule has 0 saturated heterocycles. The number of amides is 1. The van der Waals surface area contributed by atoms with E-state index < -0.39 is 0 Å². The largest absolute Gasteiger partial charge is 0.469 e. The molecule has 1 amide bonds. The van der Waals surface area contributed by atoms with Gasteiger partial charge in [0.2, 0.25) is 0 Å². The van der Waals surface area contributed by atoms with Crippen molar-refractivity contribution in [2.45, 2.75) is 45.6 Å². The van der Waals surface area contributed by atoms with Gasteiger partial charge in [-0.1, -0.05) is 72.5 Å². The fourth-order valence-corrected chi connectivity index (χ4v) is 5.37. The molecule has 2 aromatic heterocycles. The van der Waals surface area contributed by atoms with Crippen LogP contribution in [0.3, 0.4) is 0 Å². The van der Waals surface area contributed by atoms with Crippen molar-refractivity contribution in [1.29, 1.82) is 0 Å². The maximum absolute atomic E-state index is 13.9. The van der Waals surface area contributed by atoms with Crippen LogP contribution in [0.5, 0.6) is 0 Å². The molecule has 0 bridgehead atoms. The predicted molar refractivity (Wildman–Crippen MR) is 168 cm³/mol. The number of hydrogen-bond acceptors (Lipinski definition) is 4. The second-order valence-corrected chi connectivity index (χ2v) is 11.1. The molecule has 43 heavy (non-hydrogen) atoms. The predicted octanol–water partition coefficient (Wildman–Crippen LogP) is 7.70. The van der Waals surface area contributed by atoms with Gasteiger partial charge in [-0.25, -0.2) is 4.39 Å². The quantitative estimate of drug-likeness (QED) is 0.113. The number of benzene rings is 3. The first kappa shape index (κ1) is 30.0. The number of carbonyl (C=O) groups is 2. The number of halogens is 2. The fourth-order valence-electron chi connectivity index (χ4n) is 5.20. The molecule has 5 aromatic rings. The third-order valence-corrected chi connectivity index (χ3v) is 7.73. The maximum Gasteiger partial charge on any atom is 0.305 e. The number of H-pyrrole nitrogens is 1. The fraction of sp³-hybridized carbons (Fsp3) is 0.265. The maximum atomic E-state index is 13.9. The molecule has 7 nitrogen and oxygen atoms in total. The van der Waals surface area contributed by atoms with Crippen LogP contribution in [0.2, 0.25) is 5.02 Å².